The number of methoxy groups -OCH3 is 1. The lowest BCUT2D eigenvalue weighted by Crippen LogP contribution is -2.56. The summed E-state index contributed by atoms with van der Waals surface area (Å²) in [5.74, 6) is -1.87. The van der Waals surface area contributed by atoms with E-state index in [4.69, 9.17) is 9.47 Å². The Kier molecular flexibility index (Phi) is 9.99. The third kappa shape index (κ3) is 6.54. The summed E-state index contributed by atoms with van der Waals surface area (Å²) in [6.07, 6.45) is 1.31. The van der Waals surface area contributed by atoms with Crippen LogP contribution in [-0.2, 0) is 38.7 Å². The molecular weight excluding hydrogens is 450 g/mol. The van der Waals surface area contributed by atoms with Gasteiger partial charge in [0, 0.05) is 0 Å². The summed E-state index contributed by atoms with van der Waals surface area (Å²) >= 11 is 0. The van der Waals surface area contributed by atoms with E-state index in [0.29, 0.717) is 23.8 Å². The van der Waals surface area contributed by atoms with E-state index in [-0.39, 0.29) is 37.8 Å². The van der Waals surface area contributed by atoms with Crippen molar-refractivity contribution in [3.63, 3.8) is 0 Å². The summed E-state index contributed by atoms with van der Waals surface area (Å²) in [5, 5.41) is 20.3. The van der Waals surface area contributed by atoms with Gasteiger partial charge in [-0.25, -0.2) is 28.1 Å². The Morgan fingerprint density at radius 2 is 1.53 bits per heavy atom. The molecule has 0 amide bonds. The molecule has 2 rings (SSSR count). The molecule has 0 radical (unpaired) electrons. The van der Waals surface area contributed by atoms with E-state index < -0.39 is 54.3 Å². The van der Waals surface area contributed by atoms with Crippen molar-refractivity contribution >= 4 is 11.9 Å². The van der Waals surface area contributed by atoms with Crippen LogP contribution >= 0.6 is 0 Å². The van der Waals surface area contributed by atoms with Gasteiger partial charge in [0.1, 0.15) is 12.7 Å². The van der Waals surface area contributed by atoms with Crippen molar-refractivity contribution in [2.45, 2.75) is 70.9 Å². The van der Waals surface area contributed by atoms with E-state index >= 15 is 0 Å². The monoisotopic (exact) mass is 483 g/mol. The smallest absolute Gasteiger partial charge is 0.336 e. The maximum absolute atomic E-state index is 12.8. The fourth-order valence-electron chi connectivity index (χ4n) is 3.96. The molecule has 0 aromatic carbocycles. The fraction of sp³-hybridized carbons (Fsp3) is 0.682. The van der Waals surface area contributed by atoms with Crippen LogP contribution in [0.25, 0.3) is 0 Å². The maximum Gasteiger partial charge on any atom is 0.336 e. The predicted molar refractivity (Wildman–Crippen MR) is 120 cm³/mol. The van der Waals surface area contributed by atoms with Crippen LogP contribution in [0, 0.1) is 11.8 Å². The lowest BCUT2D eigenvalue weighted by Gasteiger charge is -2.26. The molecule has 4 unspecified atom stereocenters. The van der Waals surface area contributed by atoms with E-state index in [1.54, 1.807) is 6.92 Å². The Bertz CT molecular complexity index is 1060. The van der Waals surface area contributed by atoms with Crippen LogP contribution in [0.1, 0.15) is 39.0 Å². The molecule has 1 aliphatic rings. The molecule has 12 nitrogen and oxygen atoms in total. The van der Waals surface area contributed by atoms with Crippen LogP contribution in [0.3, 0.4) is 0 Å². The average Bonchev–Trinajstić information content (AvgIpc) is 2.84. The Morgan fingerprint density at radius 3 is 2.06 bits per heavy atom. The normalized spacial score (nSPS) is 19.8. The second-order valence-corrected chi connectivity index (χ2v) is 8.40. The van der Waals surface area contributed by atoms with Gasteiger partial charge in [0.05, 0.1) is 44.7 Å². The van der Waals surface area contributed by atoms with Gasteiger partial charge in [-0.1, -0.05) is 19.4 Å². The molecule has 1 saturated carbocycles. The molecule has 0 saturated heterocycles. The minimum Gasteiger partial charge on any atom is -0.469 e. The number of esters is 2. The lowest BCUT2D eigenvalue weighted by molar-refractivity contribution is -0.156. The van der Waals surface area contributed by atoms with Gasteiger partial charge in [0.2, 0.25) is 0 Å². The first-order valence-electron chi connectivity index (χ1n) is 11.3. The summed E-state index contributed by atoms with van der Waals surface area (Å²) in [5.41, 5.74) is -2.82. The third-order valence-electron chi connectivity index (χ3n) is 5.92. The molecule has 0 spiro atoms. The van der Waals surface area contributed by atoms with Crippen LogP contribution in [0.2, 0.25) is 0 Å². The highest BCUT2D eigenvalue weighted by molar-refractivity contribution is 5.76. The van der Waals surface area contributed by atoms with E-state index in [1.165, 1.54) is 13.2 Å². The number of carbonyl (C=O) groups is 2. The molecule has 1 aliphatic carbocycles. The highest BCUT2D eigenvalue weighted by atomic mass is 16.5. The second kappa shape index (κ2) is 12.5. The minimum atomic E-state index is -1.41. The van der Waals surface area contributed by atoms with Gasteiger partial charge in [-0.15, -0.1) is 6.58 Å². The Hall–Kier alpha value is -2.99. The molecule has 34 heavy (non-hydrogen) atoms. The molecule has 12 heteroatoms. The standard InChI is InChI=1S/C22H33N3O9/c1-4-9-23-20(30)24(11-16(26)5-2)22(32)25(21(23)31)12-17(27)13-34-19(29)15-8-6-7-14(10-15)18(28)33-3/h4,14-17,26-27H,1,5-13H2,2-3H3. The molecule has 0 bridgehead atoms. The van der Waals surface area contributed by atoms with E-state index in [0.717, 1.165) is 9.13 Å². The Labute approximate surface area is 196 Å². The van der Waals surface area contributed by atoms with Gasteiger partial charge in [-0.3, -0.25) is 9.59 Å². The van der Waals surface area contributed by atoms with Crippen molar-refractivity contribution in [1.29, 1.82) is 0 Å². The summed E-state index contributed by atoms with van der Waals surface area (Å²) in [4.78, 5) is 62.2. The van der Waals surface area contributed by atoms with Crippen molar-refractivity contribution in [2.75, 3.05) is 13.7 Å². The van der Waals surface area contributed by atoms with Crippen LogP contribution in [-0.4, -0.2) is 61.8 Å². The maximum atomic E-state index is 12.8. The molecule has 1 heterocycles. The molecule has 1 aromatic heterocycles. The third-order valence-corrected chi connectivity index (χ3v) is 5.92. The molecule has 1 aromatic rings. The van der Waals surface area contributed by atoms with Crippen LogP contribution in [0.5, 0.6) is 0 Å². The number of carbonyl (C=O) groups excluding carboxylic acids is 2. The minimum absolute atomic E-state index is 0.172. The van der Waals surface area contributed by atoms with Gasteiger partial charge >= 0.3 is 29.0 Å². The number of ether oxygens (including phenoxy) is 2. The number of aliphatic hydroxyl groups is 2. The number of aliphatic hydroxyl groups excluding tert-OH is 2. The van der Waals surface area contributed by atoms with Crippen molar-refractivity contribution in [3.8, 4) is 0 Å². The van der Waals surface area contributed by atoms with Crippen molar-refractivity contribution in [2.24, 2.45) is 11.8 Å². The number of hydrogen-bond donors (Lipinski definition) is 2. The molecule has 1 fully saturated rings. The zero-order valence-electron chi connectivity index (χ0n) is 19.6. The first-order valence-corrected chi connectivity index (χ1v) is 11.3. The summed E-state index contributed by atoms with van der Waals surface area (Å²) < 4.78 is 12.1. The Morgan fingerprint density at radius 1 is 1.00 bits per heavy atom. The van der Waals surface area contributed by atoms with Crippen molar-refractivity contribution in [1.82, 2.24) is 13.7 Å². The molecule has 0 aliphatic heterocycles. The Balaban J connectivity index is 2.15. The molecule has 2 N–H and O–H groups in total. The predicted octanol–water partition coefficient (Wildman–Crippen LogP) is -0.988. The molecular formula is C22H33N3O9. The van der Waals surface area contributed by atoms with Crippen LogP contribution < -0.4 is 17.1 Å². The highest BCUT2D eigenvalue weighted by Gasteiger charge is 2.33. The van der Waals surface area contributed by atoms with Gasteiger partial charge in [-0.05, 0) is 25.7 Å². The van der Waals surface area contributed by atoms with Crippen molar-refractivity contribution < 1.29 is 29.3 Å². The van der Waals surface area contributed by atoms with E-state index in [1.807, 2.05) is 0 Å². The van der Waals surface area contributed by atoms with E-state index in [2.05, 4.69) is 6.58 Å². The SMILES string of the molecule is C=CCn1c(=O)n(CC(O)CC)c(=O)n(CC(O)COC(=O)C2CCCC(C(=O)OC)C2)c1=O. The van der Waals surface area contributed by atoms with Gasteiger partial charge < -0.3 is 19.7 Å². The fourth-order valence-corrected chi connectivity index (χ4v) is 3.96. The number of nitrogens with zero attached hydrogens (tertiary/aromatic N) is 3. The summed E-state index contributed by atoms with van der Waals surface area (Å²) in [7, 11) is 1.29. The summed E-state index contributed by atoms with van der Waals surface area (Å²) in [6.45, 7) is 3.66. The highest BCUT2D eigenvalue weighted by Crippen LogP contribution is 2.30. The van der Waals surface area contributed by atoms with Crippen LogP contribution in [0.15, 0.2) is 27.0 Å². The first-order chi connectivity index (χ1) is 16.1. The first kappa shape index (κ1) is 27.3. The molecule has 4 atom stereocenters. The van der Waals surface area contributed by atoms with Crippen LogP contribution in [0.4, 0.5) is 0 Å². The van der Waals surface area contributed by atoms with E-state index in [9.17, 15) is 34.2 Å². The zero-order chi connectivity index (χ0) is 25.4. The topological polar surface area (TPSA) is 159 Å². The largest absolute Gasteiger partial charge is 0.469 e. The number of aromatic nitrogens is 3. The van der Waals surface area contributed by atoms with Gasteiger partial charge in [0.25, 0.3) is 0 Å². The average molecular weight is 484 g/mol. The number of rotatable bonds is 11. The van der Waals surface area contributed by atoms with Crippen molar-refractivity contribution in [3.05, 3.63) is 44.1 Å². The van der Waals surface area contributed by atoms with Gasteiger partial charge in [-0.2, -0.15) is 0 Å². The second-order valence-electron chi connectivity index (χ2n) is 8.40. The number of hydrogen-bond acceptors (Lipinski definition) is 9. The summed E-state index contributed by atoms with van der Waals surface area (Å²) in [6, 6.07) is 0. The zero-order valence-corrected chi connectivity index (χ0v) is 19.6. The lowest BCUT2D eigenvalue weighted by atomic mass is 9.81. The number of allylic oxidation sites excluding steroid dienone is 1. The van der Waals surface area contributed by atoms with Gasteiger partial charge in [0.15, 0.2) is 0 Å². The quantitative estimate of drug-likeness (QED) is 0.298. The molecule has 190 valence electrons.